The molecule has 0 heterocycles. The van der Waals surface area contributed by atoms with Crippen molar-refractivity contribution >= 4 is 11.6 Å². The summed E-state index contributed by atoms with van der Waals surface area (Å²) >= 11 is 0. The maximum absolute atomic E-state index is 12.3. The Bertz CT molecular complexity index is 617. The fourth-order valence-corrected chi connectivity index (χ4v) is 2.34. The monoisotopic (exact) mass is 312 g/mol. The Hall–Kier alpha value is -2.33. The van der Waals surface area contributed by atoms with Crippen LogP contribution in [0.4, 0.5) is 5.69 Å². The Morgan fingerprint density at radius 3 is 2.13 bits per heavy atom. The Morgan fingerprint density at radius 2 is 1.61 bits per heavy atom. The number of hydrogen-bond donors (Lipinski definition) is 1. The Labute approximate surface area is 138 Å². The van der Waals surface area contributed by atoms with Crippen LogP contribution in [-0.2, 0) is 6.54 Å². The van der Waals surface area contributed by atoms with Crippen LogP contribution in [0.5, 0.6) is 5.75 Å². The lowest BCUT2D eigenvalue weighted by Crippen LogP contribution is -2.22. The molecule has 0 aliphatic rings. The SMILES string of the molecule is CCN(CC)Cc1ccc(C(=O)Nc2ccc(OC)cc2)cc1. The summed E-state index contributed by atoms with van der Waals surface area (Å²) in [6.07, 6.45) is 0. The van der Waals surface area contributed by atoms with E-state index in [4.69, 9.17) is 4.74 Å². The van der Waals surface area contributed by atoms with E-state index < -0.39 is 0 Å². The highest BCUT2D eigenvalue weighted by Gasteiger charge is 2.07. The van der Waals surface area contributed by atoms with E-state index in [0.29, 0.717) is 5.56 Å². The van der Waals surface area contributed by atoms with Gasteiger partial charge >= 0.3 is 0 Å². The van der Waals surface area contributed by atoms with Gasteiger partial charge in [0, 0.05) is 17.8 Å². The van der Waals surface area contributed by atoms with Crippen LogP contribution in [0, 0.1) is 0 Å². The largest absolute Gasteiger partial charge is 0.497 e. The number of hydrogen-bond acceptors (Lipinski definition) is 3. The molecule has 2 aromatic rings. The molecule has 0 aromatic heterocycles. The fourth-order valence-electron chi connectivity index (χ4n) is 2.34. The summed E-state index contributed by atoms with van der Waals surface area (Å²) in [5.74, 6) is 0.660. The Morgan fingerprint density at radius 1 is 1.00 bits per heavy atom. The molecule has 122 valence electrons. The van der Waals surface area contributed by atoms with E-state index in [1.807, 2.05) is 48.5 Å². The molecule has 0 saturated carbocycles. The Balaban J connectivity index is 1.99. The van der Waals surface area contributed by atoms with Crippen LogP contribution in [-0.4, -0.2) is 31.0 Å². The number of carbonyl (C=O) groups is 1. The highest BCUT2D eigenvalue weighted by Crippen LogP contribution is 2.16. The molecule has 2 aromatic carbocycles. The average Bonchev–Trinajstić information content (AvgIpc) is 2.60. The van der Waals surface area contributed by atoms with Gasteiger partial charge in [-0.2, -0.15) is 0 Å². The minimum absolute atomic E-state index is 0.107. The number of benzene rings is 2. The van der Waals surface area contributed by atoms with Gasteiger partial charge in [0.25, 0.3) is 5.91 Å². The molecule has 2 rings (SSSR count). The van der Waals surface area contributed by atoms with Crippen LogP contribution in [0.2, 0.25) is 0 Å². The quantitative estimate of drug-likeness (QED) is 0.846. The number of methoxy groups -OCH3 is 1. The zero-order chi connectivity index (χ0) is 16.7. The van der Waals surface area contributed by atoms with Crippen LogP contribution in [0.25, 0.3) is 0 Å². The van der Waals surface area contributed by atoms with Crippen molar-refractivity contribution in [2.75, 3.05) is 25.5 Å². The molecule has 0 radical (unpaired) electrons. The molecule has 0 aliphatic carbocycles. The van der Waals surface area contributed by atoms with Gasteiger partial charge in [-0.15, -0.1) is 0 Å². The van der Waals surface area contributed by atoms with E-state index >= 15 is 0 Å². The fraction of sp³-hybridized carbons (Fsp3) is 0.316. The van der Waals surface area contributed by atoms with Crippen LogP contribution in [0.3, 0.4) is 0 Å². The minimum atomic E-state index is -0.107. The van der Waals surface area contributed by atoms with Gasteiger partial charge in [-0.3, -0.25) is 9.69 Å². The second-order valence-electron chi connectivity index (χ2n) is 5.34. The van der Waals surface area contributed by atoms with Crippen molar-refractivity contribution in [1.82, 2.24) is 4.90 Å². The highest BCUT2D eigenvalue weighted by atomic mass is 16.5. The summed E-state index contributed by atoms with van der Waals surface area (Å²) in [6, 6.07) is 15.1. The van der Waals surface area contributed by atoms with E-state index in [2.05, 4.69) is 24.1 Å². The molecule has 23 heavy (non-hydrogen) atoms. The smallest absolute Gasteiger partial charge is 0.255 e. The molecular formula is C19H24N2O2. The van der Waals surface area contributed by atoms with Gasteiger partial charge < -0.3 is 10.1 Å². The van der Waals surface area contributed by atoms with Gasteiger partial charge in [0.05, 0.1) is 7.11 Å². The van der Waals surface area contributed by atoms with E-state index in [-0.39, 0.29) is 5.91 Å². The van der Waals surface area contributed by atoms with Crippen molar-refractivity contribution in [1.29, 1.82) is 0 Å². The van der Waals surface area contributed by atoms with E-state index in [1.165, 1.54) is 5.56 Å². The van der Waals surface area contributed by atoms with E-state index in [1.54, 1.807) is 7.11 Å². The summed E-state index contributed by atoms with van der Waals surface area (Å²) in [5.41, 5.74) is 2.63. The number of carbonyl (C=O) groups excluding carboxylic acids is 1. The maximum Gasteiger partial charge on any atom is 0.255 e. The zero-order valence-electron chi connectivity index (χ0n) is 14.0. The predicted molar refractivity (Wildman–Crippen MR) is 94.0 cm³/mol. The van der Waals surface area contributed by atoms with Crippen molar-refractivity contribution < 1.29 is 9.53 Å². The lowest BCUT2D eigenvalue weighted by Gasteiger charge is -2.18. The second kappa shape index (κ2) is 8.34. The zero-order valence-corrected chi connectivity index (χ0v) is 14.0. The summed E-state index contributed by atoms with van der Waals surface area (Å²) in [4.78, 5) is 14.6. The maximum atomic E-state index is 12.3. The van der Waals surface area contributed by atoms with Crippen LogP contribution >= 0.6 is 0 Å². The normalized spacial score (nSPS) is 10.6. The molecule has 0 spiro atoms. The molecule has 1 N–H and O–H groups in total. The van der Waals surface area contributed by atoms with E-state index in [9.17, 15) is 4.79 Å². The molecule has 0 saturated heterocycles. The van der Waals surface area contributed by atoms with Gasteiger partial charge in [-0.05, 0) is 55.1 Å². The first kappa shape index (κ1) is 17.0. The highest BCUT2D eigenvalue weighted by molar-refractivity contribution is 6.04. The van der Waals surface area contributed by atoms with Crippen LogP contribution in [0.15, 0.2) is 48.5 Å². The van der Waals surface area contributed by atoms with E-state index in [0.717, 1.165) is 31.1 Å². The van der Waals surface area contributed by atoms with Gasteiger partial charge in [-0.25, -0.2) is 0 Å². The number of anilines is 1. The summed E-state index contributed by atoms with van der Waals surface area (Å²) in [6.45, 7) is 7.26. The third-order valence-electron chi connectivity index (χ3n) is 3.86. The summed E-state index contributed by atoms with van der Waals surface area (Å²) < 4.78 is 5.11. The predicted octanol–water partition coefficient (Wildman–Crippen LogP) is 3.79. The molecule has 4 nitrogen and oxygen atoms in total. The molecule has 0 unspecified atom stereocenters. The summed E-state index contributed by atoms with van der Waals surface area (Å²) in [7, 11) is 1.62. The molecular weight excluding hydrogens is 288 g/mol. The second-order valence-corrected chi connectivity index (χ2v) is 5.34. The first-order valence-corrected chi connectivity index (χ1v) is 7.93. The van der Waals surface area contributed by atoms with Gasteiger partial charge in [0.15, 0.2) is 0 Å². The number of amides is 1. The first-order chi connectivity index (χ1) is 11.2. The van der Waals surface area contributed by atoms with Crippen molar-refractivity contribution in [3.63, 3.8) is 0 Å². The number of ether oxygens (including phenoxy) is 1. The molecule has 0 atom stereocenters. The molecule has 0 aliphatic heterocycles. The van der Waals surface area contributed by atoms with Crippen molar-refractivity contribution in [3.8, 4) is 5.75 Å². The summed E-state index contributed by atoms with van der Waals surface area (Å²) in [5, 5.41) is 2.89. The van der Waals surface area contributed by atoms with Gasteiger partial charge in [-0.1, -0.05) is 26.0 Å². The van der Waals surface area contributed by atoms with Gasteiger partial charge in [0.2, 0.25) is 0 Å². The molecule has 1 amide bonds. The van der Waals surface area contributed by atoms with Crippen molar-refractivity contribution in [2.24, 2.45) is 0 Å². The number of rotatable bonds is 7. The Kier molecular flexibility index (Phi) is 6.18. The molecule has 0 fully saturated rings. The van der Waals surface area contributed by atoms with Crippen molar-refractivity contribution in [3.05, 3.63) is 59.7 Å². The standard InChI is InChI=1S/C19H24N2O2/c1-4-21(5-2)14-15-6-8-16(9-7-15)19(22)20-17-10-12-18(23-3)13-11-17/h6-13H,4-5,14H2,1-3H3,(H,20,22). The topological polar surface area (TPSA) is 41.6 Å². The third-order valence-corrected chi connectivity index (χ3v) is 3.86. The average molecular weight is 312 g/mol. The molecule has 4 heteroatoms. The number of nitrogens with one attached hydrogen (secondary N) is 1. The minimum Gasteiger partial charge on any atom is -0.497 e. The van der Waals surface area contributed by atoms with Gasteiger partial charge in [0.1, 0.15) is 5.75 Å². The van der Waals surface area contributed by atoms with Crippen molar-refractivity contribution in [2.45, 2.75) is 20.4 Å². The lowest BCUT2D eigenvalue weighted by molar-refractivity contribution is 0.102. The number of nitrogens with zero attached hydrogens (tertiary/aromatic N) is 1. The first-order valence-electron chi connectivity index (χ1n) is 7.93. The lowest BCUT2D eigenvalue weighted by atomic mass is 10.1. The van der Waals surface area contributed by atoms with Crippen LogP contribution < -0.4 is 10.1 Å². The van der Waals surface area contributed by atoms with Crippen LogP contribution in [0.1, 0.15) is 29.8 Å². The molecule has 0 bridgehead atoms. The third kappa shape index (κ3) is 4.83.